The van der Waals surface area contributed by atoms with Gasteiger partial charge in [-0.3, -0.25) is 25.0 Å². The predicted molar refractivity (Wildman–Crippen MR) is 59.5 cm³/mol. The van der Waals surface area contributed by atoms with Crippen LogP contribution in [0.15, 0.2) is 23.0 Å². The number of H-pyrrole nitrogens is 1. The molecule has 2 rings (SSSR count). The zero-order valence-corrected chi connectivity index (χ0v) is 8.61. The number of benzene rings is 1. The molecule has 0 unspecified atom stereocenters. The molecule has 0 spiro atoms. The number of aromatic amines is 1. The largest absolute Gasteiger partial charge is 0.501 e. The van der Waals surface area contributed by atoms with Crippen LogP contribution in [0.2, 0.25) is 0 Å². The Kier molecular flexibility index (Phi) is 2.43. The average molecular weight is 251 g/mol. The minimum atomic E-state index is -1.12. The summed E-state index contributed by atoms with van der Waals surface area (Å²) in [5.41, 5.74) is -2.80. The van der Waals surface area contributed by atoms with Crippen LogP contribution in [0.25, 0.3) is 10.9 Å². The summed E-state index contributed by atoms with van der Waals surface area (Å²) >= 11 is 0. The van der Waals surface area contributed by atoms with E-state index in [2.05, 4.69) is 4.98 Å². The quantitative estimate of drug-likeness (QED) is 0.603. The number of nitrogens with zero attached hydrogens (tertiary/aromatic N) is 2. The first kappa shape index (κ1) is 11.5. The summed E-state index contributed by atoms with van der Waals surface area (Å²) in [6.45, 7) is 0. The summed E-state index contributed by atoms with van der Waals surface area (Å²) in [5, 5.41) is 30.7. The van der Waals surface area contributed by atoms with Gasteiger partial charge in [-0.05, 0) is 6.07 Å². The van der Waals surface area contributed by atoms with Gasteiger partial charge in [0.1, 0.15) is 5.39 Å². The molecule has 0 aliphatic carbocycles. The lowest BCUT2D eigenvalue weighted by atomic mass is 10.1. The number of hydrogen-bond acceptors (Lipinski definition) is 6. The van der Waals surface area contributed by atoms with E-state index in [1.54, 1.807) is 0 Å². The van der Waals surface area contributed by atoms with Crippen LogP contribution < -0.4 is 5.56 Å². The van der Waals surface area contributed by atoms with E-state index in [9.17, 15) is 30.1 Å². The van der Waals surface area contributed by atoms with E-state index < -0.39 is 32.5 Å². The Hall–Kier alpha value is -2.97. The second kappa shape index (κ2) is 3.80. The van der Waals surface area contributed by atoms with Crippen LogP contribution in [-0.2, 0) is 0 Å². The van der Waals surface area contributed by atoms with Crippen LogP contribution in [0.1, 0.15) is 0 Å². The number of nitro groups is 2. The molecule has 0 radical (unpaired) electrons. The van der Waals surface area contributed by atoms with Gasteiger partial charge in [0.25, 0.3) is 5.69 Å². The van der Waals surface area contributed by atoms with Gasteiger partial charge in [0.2, 0.25) is 5.75 Å². The number of fused-ring (bicyclic) bond motifs is 1. The smallest absolute Gasteiger partial charge is 0.375 e. The standard InChI is InChI=1S/C9H5N3O6/c13-8-6-4(2-1-3-5(6)11(15)16)10-9(14)7(8)12(17)18/h1-3H,(H2,10,13,14). The Morgan fingerprint density at radius 3 is 2.39 bits per heavy atom. The molecule has 18 heavy (non-hydrogen) atoms. The van der Waals surface area contributed by atoms with Gasteiger partial charge >= 0.3 is 11.2 Å². The van der Waals surface area contributed by atoms with E-state index in [1.165, 1.54) is 12.1 Å². The number of aromatic nitrogens is 1. The summed E-state index contributed by atoms with van der Waals surface area (Å²) in [5.74, 6) is -1.01. The second-order valence-corrected chi connectivity index (χ2v) is 3.37. The summed E-state index contributed by atoms with van der Waals surface area (Å²) in [6.07, 6.45) is 0. The highest BCUT2D eigenvalue weighted by Gasteiger charge is 2.27. The molecule has 0 amide bonds. The lowest BCUT2D eigenvalue weighted by Gasteiger charge is -2.02. The zero-order chi connectivity index (χ0) is 13.4. The number of aromatic hydroxyl groups is 1. The summed E-state index contributed by atoms with van der Waals surface area (Å²) in [4.78, 5) is 33.0. The van der Waals surface area contributed by atoms with E-state index >= 15 is 0 Å². The van der Waals surface area contributed by atoms with Crippen LogP contribution >= 0.6 is 0 Å². The molecule has 0 atom stereocenters. The lowest BCUT2D eigenvalue weighted by Crippen LogP contribution is -2.12. The lowest BCUT2D eigenvalue weighted by molar-refractivity contribution is -0.388. The Morgan fingerprint density at radius 1 is 1.17 bits per heavy atom. The monoisotopic (exact) mass is 251 g/mol. The van der Waals surface area contributed by atoms with Crippen molar-refractivity contribution in [3.63, 3.8) is 0 Å². The highest BCUT2D eigenvalue weighted by molar-refractivity contribution is 5.95. The van der Waals surface area contributed by atoms with Crippen LogP contribution in [0, 0.1) is 20.2 Å². The fraction of sp³-hybridized carbons (Fsp3) is 0. The molecule has 9 nitrogen and oxygen atoms in total. The maximum absolute atomic E-state index is 11.3. The fourth-order valence-electron chi connectivity index (χ4n) is 1.62. The van der Waals surface area contributed by atoms with Gasteiger partial charge in [-0.25, -0.2) is 0 Å². The third-order valence-corrected chi connectivity index (χ3v) is 2.35. The molecule has 0 bridgehead atoms. The third kappa shape index (κ3) is 1.54. The molecule has 0 aliphatic heterocycles. The number of pyridine rings is 1. The highest BCUT2D eigenvalue weighted by atomic mass is 16.6. The van der Waals surface area contributed by atoms with Crippen molar-refractivity contribution in [2.24, 2.45) is 0 Å². The van der Waals surface area contributed by atoms with Crippen molar-refractivity contribution in [2.45, 2.75) is 0 Å². The number of nitrogens with one attached hydrogen (secondary N) is 1. The highest BCUT2D eigenvalue weighted by Crippen LogP contribution is 2.35. The Balaban J connectivity index is 3.03. The van der Waals surface area contributed by atoms with Gasteiger partial charge in [0.15, 0.2) is 0 Å². The molecule has 0 saturated heterocycles. The molecule has 92 valence electrons. The predicted octanol–water partition coefficient (Wildman–Crippen LogP) is 1.05. The third-order valence-electron chi connectivity index (χ3n) is 2.35. The maximum Gasteiger partial charge on any atom is 0.375 e. The molecule has 1 aromatic heterocycles. The minimum absolute atomic E-state index is 0.0442. The van der Waals surface area contributed by atoms with Crippen molar-refractivity contribution in [3.8, 4) is 5.75 Å². The van der Waals surface area contributed by atoms with Crippen molar-refractivity contribution < 1.29 is 15.0 Å². The van der Waals surface area contributed by atoms with Gasteiger partial charge < -0.3 is 10.1 Å². The van der Waals surface area contributed by atoms with Crippen molar-refractivity contribution in [2.75, 3.05) is 0 Å². The first-order chi connectivity index (χ1) is 8.43. The van der Waals surface area contributed by atoms with E-state index in [0.717, 1.165) is 6.07 Å². The fourth-order valence-corrected chi connectivity index (χ4v) is 1.62. The molecule has 0 aliphatic rings. The molecule has 2 aromatic rings. The van der Waals surface area contributed by atoms with Crippen LogP contribution in [0.3, 0.4) is 0 Å². The average Bonchev–Trinajstić information content (AvgIpc) is 2.27. The Morgan fingerprint density at radius 2 is 1.83 bits per heavy atom. The number of non-ortho nitro benzene ring substituents is 1. The van der Waals surface area contributed by atoms with E-state index in [-0.39, 0.29) is 10.9 Å². The van der Waals surface area contributed by atoms with Crippen molar-refractivity contribution in [1.82, 2.24) is 4.98 Å². The topological polar surface area (TPSA) is 139 Å². The first-order valence-corrected chi connectivity index (χ1v) is 4.60. The minimum Gasteiger partial charge on any atom is -0.501 e. The SMILES string of the molecule is O=c1[nH]c2cccc([N+](=O)[O-])c2c(O)c1[N+](=O)[O-]. The number of hydrogen-bond donors (Lipinski definition) is 2. The molecular weight excluding hydrogens is 246 g/mol. The normalized spacial score (nSPS) is 10.4. The van der Waals surface area contributed by atoms with E-state index in [1.807, 2.05) is 0 Å². The number of rotatable bonds is 2. The molecular formula is C9H5N3O6. The van der Waals surface area contributed by atoms with Crippen molar-refractivity contribution >= 4 is 22.3 Å². The van der Waals surface area contributed by atoms with E-state index in [0.29, 0.717) is 0 Å². The van der Waals surface area contributed by atoms with Gasteiger partial charge in [-0.2, -0.15) is 0 Å². The maximum atomic E-state index is 11.3. The Bertz CT molecular complexity index is 735. The molecule has 0 saturated carbocycles. The summed E-state index contributed by atoms with van der Waals surface area (Å²) in [7, 11) is 0. The van der Waals surface area contributed by atoms with Gasteiger partial charge in [0.05, 0.1) is 15.4 Å². The van der Waals surface area contributed by atoms with Gasteiger partial charge in [-0.1, -0.05) is 6.07 Å². The molecule has 9 heteroatoms. The molecule has 1 heterocycles. The summed E-state index contributed by atoms with van der Waals surface area (Å²) in [6, 6.07) is 3.67. The Labute approximate surface area is 97.6 Å². The van der Waals surface area contributed by atoms with Gasteiger partial charge in [0, 0.05) is 6.07 Å². The molecule has 2 N–H and O–H groups in total. The van der Waals surface area contributed by atoms with Gasteiger partial charge in [-0.15, -0.1) is 0 Å². The molecule has 1 aromatic carbocycles. The van der Waals surface area contributed by atoms with Crippen LogP contribution in [-0.4, -0.2) is 19.9 Å². The summed E-state index contributed by atoms with van der Waals surface area (Å²) < 4.78 is 0. The van der Waals surface area contributed by atoms with Crippen LogP contribution in [0.4, 0.5) is 11.4 Å². The van der Waals surface area contributed by atoms with Crippen LogP contribution in [0.5, 0.6) is 5.75 Å². The second-order valence-electron chi connectivity index (χ2n) is 3.37. The van der Waals surface area contributed by atoms with Crippen molar-refractivity contribution in [1.29, 1.82) is 0 Å². The first-order valence-electron chi connectivity index (χ1n) is 4.60. The number of nitro benzene ring substituents is 1. The zero-order valence-electron chi connectivity index (χ0n) is 8.61. The van der Waals surface area contributed by atoms with Crippen molar-refractivity contribution in [3.05, 3.63) is 48.8 Å². The molecule has 0 fully saturated rings. The van der Waals surface area contributed by atoms with E-state index in [4.69, 9.17) is 0 Å².